The molecule has 0 heterocycles. The first kappa shape index (κ1) is 16.3. The van der Waals surface area contributed by atoms with Gasteiger partial charge in [0.05, 0.1) is 11.7 Å². The maximum atomic E-state index is 12.6. The molecule has 21 heavy (non-hydrogen) atoms. The molecular formula is C14H18F3NO2S. The van der Waals surface area contributed by atoms with Gasteiger partial charge in [-0.1, -0.05) is 30.3 Å². The zero-order chi connectivity index (χ0) is 15.5. The van der Waals surface area contributed by atoms with Gasteiger partial charge >= 0.3 is 6.18 Å². The molecule has 1 aliphatic carbocycles. The standard InChI is InChI=1S/C14H18F3NO2S/c15-14(16,17)12-6-8-13(9-7-12)18-21(19,20)10-11-4-2-1-3-5-11/h1-5,12-13,18H,6-10H2. The van der Waals surface area contributed by atoms with Crippen LogP contribution in [0.3, 0.4) is 0 Å². The van der Waals surface area contributed by atoms with Crippen molar-refractivity contribution in [1.82, 2.24) is 4.72 Å². The van der Waals surface area contributed by atoms with Crippen LogP contribution in [0.15, 0.2) is 30.3 Å². The van der Waals surface area contributed by atoms with Crippen LogP contribution in [0.25, 0.3) is 0 Å². The molecule has 0 radical (unpaired) electrons. The van der Waals surface area contributed by atoms with Crippen molar-refractivity contribution in [3.05, 3.63) is 35.9 Å². The maximum absolute atomic E-state index is 12.6. The van der Waals surface area contributed by atoms with E-state index in [4.69, 9.17) is 0 Å². The Hall–Kier alpha value is -1.08. The van der Waals surface area contributed by atoms with E-state index in [0.29, 0.717) is 5.56 Å². The summed E-state index contributed by atoms with van der Waals surface area (Å²) in [6.07, 6.45) is -3.73. The van der Waals surface area contributed by atoms with Gasteiger partial charge in [0.1, 0.15) is 0 Å². The van der Waals surface area contributed by atoms with Crippen molar-refractivity contribution in [1.29, 1.82) is 0 Å². The summed E-state index contributed by atoms with van der Waals surface area (Å²) in [5.74, 6) is -1.44. The summed E-state index contributed by atoms with van der Waals surface area (Å²) in [6.45, 7) is 0. The first-order valence-corrected chi connectivity index (χ1v) is 8.52. The third-order valence-electron chi connectivity index (χ3n) is 3.74. The number of rotatable bonds is 4. The summed E-state index contributed by atoms with van der Waals surface area (Å²) in [5, 5.41) is 0. The zero-order valence-electron chi connectivity index (χ0n) is 11.4. The van der Waals surface area contributed by atoms with E-state index < -0.39 is 28.2 Å². The van der Waals surface area contributed by atoms with Gasteiger partial charge in [-0.15, -0.1) is 0 Å². The zero-order valence-corrected chi connectivity index (χ0v) is 12.3. The third-order valence-corrected chi connectivity index (χ3v) is 5.14. The van der Waals surface area contributed by atoms with E-state index in [0.717, 1.165) is 0 Å². The molecule has 1 fully saturated rings. The minimum absolute atomic E-state index is 0.0119. The molecular weight excluding hydrogens is 303 g/mol. The van der Waals surface area contributed by atoms with Crippen LogP contribution in [-0.4, -0.2) is 20.6 Å². The molecule has 118 valence electrons. The number of hydrogen-bond acceptors (Lipinski definition) is 2. The number of nitrogens with one attached hydrogen (secondary N) is 1. The second kappa shape index (κ2) is 6.36. The van der Waals surface area contributed by atoms with Gasteiger partial charge in [0.15, 0.2) is 0 Å². The van der Waals surface area contributed by atoms with E-state index in [-0.39, 0.29) is 31.4 Å². The molecule has 1 N–H and O–H groups in total. The molecule has 1 aromatic rings. The number of hydrogen-bond donors (Lipinski definition) is 1. The molecule has 0 aliphatic heterocycles. The van der Waals surface area contributed by atoms with Crippen LogP contribution in [0, 0.1) is 5.92 Å². The lowest BCUT2D eigenvalue weighted by molar-refractivity contribution is -0.182. The van der Waals surface area contributed by atoms with Gasteiger partial charge in [0.25, 0.3) is 0 Å². The van der Waals surface area contributed by atoms with Crippen molar-refractivity contribution in [2.45, 2.75) is 43.7 Å². The molecule has 0 saturated heterocycles. The van der Waals surface area contributed by atoms with Crippen molar-refractivity contribution >= 4 is 10.0 Å². The molecule has 0 bridgehead atoms. The molecule has 2 rings (SSSR count). The van der Waals surface area contributed by atoms with Crippen molar-refractivity contribution in [3.63, 3.8) is 0 Å². The van der Waals surface area contributed by atoms with Crippen molar-refractivity contribution < 1.29 is 21.6 Å². The van der Waals surface area contributed by atoms with E-state index >= 15 is 0 Å². The van der Waals surface area contributed by atoms with Gasteiger partial charge in [-0.05, 0) is 31.2 Å². The Bertz CT molecular complexity index is 549. The van der Waals surface area contributed by atoms with Gasteiger partial charge in [-0.2, -0.15) is 13.2 Å². The number of sulfonamides is 1. The van der Waals surface area contributed by atoms with Crippen molar-refractivity contribution in [2.75, 3.05) is 0 Å². The largest absolute Gasteiger partial charge is 0.391 e. The van der Waals surface area contributed by atoms with Crippen LogP contribution in [-0.2, 0) is 15.8 Å². The van der Waals surface area contributed by atoms with Crippen LogP contribution in [0.2, 0.25) is 0 Å². The summed E-state index contributed by atoms with van der Waals surface area (Å²) in [5.41, 5.74) is 0.661. The fraction of sp³-hybridized carbons (Fsp3) is 0.571. The molecule has 0 aromatic heterocycles. The molecule has 0 spiro atoms. The fourth-order valence-electron chi connectivity index (χ4n) is 2.63. The molecule has 1 saturated carbocycles. The predicted octanol–water partition coefficient (Wildman–Crippen LogP) is 3.23. The number of benzene rings is 1. The first-order chi connectivity index (χ1) is 9.76. The Morgan fingerprint density at radius 1 is 1.05 bits per heavy atom. The van der Waals surface area contributed by atoms with Gasteiger partial charge in [-0.25, -0.2) is 13.1 Å². The van der Waals surface area contributed by atoms with E-state index in [1.54, 1.807) is 30.3 Å². The number of halogens is 3. The molecule has 3 nitrogen and oxygen atoms in total. The average molecular weight is 321 g/mol. The molecule has 0 amide bonds. The number of alkyl halides is 3. The second-order valence-corrected chi connectivity index (χ2v) is 7.21. The highest BCUT2D eigenvalue weighted by molar-refractivity contribution is 7.88. The lowest BCUT2D eigenvalue weighted by Crippen LogP contribution is -2.40. The highest BCUT2D eigenvalue weighted by atomic mass is 32.2. The van der Waals surface area contributed by atoms with Crippen LogP contribution in [0.4, 0.5) is 13.2 Å². The van der Waals surface area contributed by atoms with Crippen LogP contribution in [0.1, 0.15) is 31.2 Å². The van der Waals surface area contributed by atoms with Crippen LogP contribution in [0.5, 0.6) is 0 Å². The summed E-state index contributed by atoms with van der Waals surface area (Å²) < 4.78 is 64.2. The highest BCUT2D eigenvalue weighted by Gasteiger charge is 2.41. The SMILES string of the molecule is O=S(=O)(Cc1ccccc1)NC1CCC(C(F)(F)F)CC1. The van der Waals surface area contributed by atoms with Gasteiger partial charge < -0.3 is 0 Å². The quantitative estimate of drug-likeness (QED) is 0.925. The average Bonchev–Trinajstić information content (AvgIpc) is 2.38. The van der Waals surface area contributed by atoms with E-state index in [1.807, 2.05) is 0 Å². The summed E-state index contributed by atoms with van der Waals surface area (Å²) >= 11 is 0. The van der Waals surface area contributed by atoms with E-state index in [1.165, 1.54) is 0 Å². The van der Waals surface area contributed by atoms with Crippen molar-refractivity contribution in [3.8, 4) is 0 Å². The van der Waals surface area contributed by atoms with Gasteiger partial charge in [0.2, 0.25) is 10.0 Å². The molecule has 0 unspecified atom stereocenters. The molecule has 1 aliphatic rings. The van der Waals surface area contributed by atoms with Gasteiger partial charge in [-0.3, -0.25) is 0 Å². The maximum Gasteiger partial charge on any atom is 0.391 e. The second-order valence-electron chi connectivity index (χ2n) is 5.45. The molecule has 1 aromatic carbocycles. The van der Waals surface area contributed by atoms with Crippen LogP contribution >= 0.6 is 0 Å². The topological polar surface area (TPSA) is 46.2 Å². The summed E-state index contributed by atoms with van der Waals surface area (Å²) in [7, 11) is -3.52. The smallest absolute Gasteiger partial charge is 0.212 e. The monoisotopic (exact) mass is 321 g/mol. The Morgan fingerprint density at radius 3 is 2.14 bits per heavy atom. The predicted molar refractivity (Wildman–Crippen MR) is 74.0 cm³/mol. The Labute approximate surface area is 122 Å². The van der Waals surface area contributed by atoms with E-state index in [9.17, 15) is 21.6 Å². The lowest BCUT2D eigenvalue weighted by Gasteiger charge is -2.30. The Kier molecular flexibility index (Phi) is 4.93. The molecule has 0 atom stereocenters. The first-order valence-electron chi connectivity index (χ1n) is 6.87. The fourth-order valence-corrected chi connectivity index (χ4v) is 4.09. The Balaban J connectivity index is 1.88. The highest BCUT2D eigenvalue weighted by Crippen LogP contribution is 2.37. The molecule has 7 heteroatoms. The third kappa shape index (κ3) is 5.00. The van der Waals surface area contributed by atoms with Gasteiger partial charge in [0, 0.05) is 6.04 Å². The van der Waals surface area contributed by atoms with Crippen LogP contribution < -0.4 is 4.72 Å². The minimum Gasteiger partial charge on any atom is -0.212 e. The normalized spacial score (nSPS) is 24.0. The minimum atomic E-state index is -4.17. The lowest BCUT2D eigenvalue weighted by atomic mass is 9.86. The Morgan fingerprint density at radius 2 is 1.62 bits per heavy atom. The summed E-state index contributed by atoms with van der Waals surface area (Å²) in [4.78, 5) is 0. The van der Waals surface area contributed by atoms with E-state index in [2.05, 4.69) is 4.72 Å². The summed E-state index contributed by atoms with van der Waals surface area (Å²) in [6, 6.07) is 8.32. The van der Waals surface area contributed by atoms with Crippen molar-refractivity contribution in [2.24, 2.45) is 5.92 Å².